The van der Waals surface area contributed by atoms with Gasteiger partial charge in [0.05, 0.1) is 10.6 Å². The van der Waals surface area contributed by atoms with Gasteiger partial charge in [-0.2, -0.15) is 5.26 Å². The summed E-state index contributed by atoms with van der Waals surface area (Å²) >= 11 is 5.94. The molecule has 2 N–H and O–H groups in total. The molecule has 0 atom stereocenters. The first-order chi connectivity index (χ1) is 6.36. The molecule has 1 rings (SSSR count). The number of nitrogen functional groups attached to an aromatic ring is 1. The fraction of sp³-hybridized carbons (Fsp3) is 0.364. The molecule has 0 radical (unpaired) electrons. The van der Waals surface area contributed by atoms with Gasteiger partial charge in [-0.15, -0.1) is 0 Å². The summed E-state index contributed by atoms with van der Waals surface area (Å²) in [5.74, 6) is 0. The van der Waals surface area contributed by atoms with Crippen molar-refractivity contribution >= 4 is 17.3 Å². The van der Waals surface area contributed by atoms with Gasteiger partial charge in [-0.3, -0.25) is 0 Å². The van der Waals surface area contributed by atoms with Crippen molar-refractivity contribution in [3.63, 3.8) is 0 Å². The lowest BCUT2D eigenvalue weighted by Crippen LogP contribution is -2.14. The van der Waals surface area contributed by atoms with E-state index in [1.165, 1.54) is 0 Å². The molecule has 1 aromatic rings. The third-order valence-electron chi connectivity index (χ3n) is 2.03. The highest BCUT2D eigenvalue weighted by Crippen LogP contribution is 2.32. The number of nitriles is 1. The van der Waals surface area contributed by atoms with Crippen molar-refractivity contribution in [1.82, 2.24) is 0 Å². The molecule has 0 saturated carbocycles. The minimum absolute atomic E-state index is 0.121. The first-order valence-electron chi connectivity index (χ1n) is 4.36. The molecule has 0 amide bonds. The Kier molecular flexibility index (Phi) is 2.73. The van der Waals surface area contributed by atoms with E-state index in [4.69, 9.17) is 22.6 Å². The molecular weight excluding hydrogens is 196 g/mol. The molecule has 0 bridgehead atoms. The Bertz CT molecular complexity index is 397. The lowest BCUT2D eigenvalue weighted by Gasteiger charge is -2.21. The van der Waals surface area contributed by atoms with Crippen molar-refractivity contribution in [3.8, 4) is 6.07 Å². The summed E-state index contributed by atoms with van der Waals surface area (Å²) in [7, 11) is 0. The topological polar surface area (TPSA) is 49.8 Å². The fourth-order valence-corrected chi connectivity index (χ4v) is 1.60. The van der Waals surface area contributed by atoms with E-state index in [0.717, 1.165) is 5.56 Å². The van der Waals surface area contributed by atoms with E-state index in [2.05, 4.69) is 6.07 Å². The molecule has 0 fully saturated rings. The van der Waals surface area contributed by atoms with Crippen LogP contribution in [0.25, 0.3) is 0 Å². The summed E-state index contributed by atoms with van der Waals surface area (Å²) in [6.45, 7) is 6.08. The molecule has 0 aliphatic rings. The normalized spacial score (nSPS) is 11.1. The van der Waals surface area contributed by atoms with Crippen LogP contribution in [0.2, 0.25) is 5.02 Å². The van der Waals surface area contributed by atoms with Crippen LogP contribution in [-0.4, -0.2) is 0 Å². The van der Waals surface area contributed by atoms with Crippen molar-refractivity contribution in [2.24, 2.45) is 0 Å². The third kappa shape index (κ3) is 2.00. The summed E-state index contributed by atoms with van der Waals surface area (Å²) in [5.41, 5.74) is 7.58. The predicted octanol–water partition coefficient (Wildman–Crippen LogP) is 3.09. The number of nitrogens with zero attached hydrogens (tertiary/aromatic N) is 1. The van der Waals surface area contributed by atoms with E-state index in [-0.39, 0.29) is 5.41 Å². The molecule has 0 heterocycles. The van der Waals surface area contributed by atoms with Crippen LogP contribution in [0.1, 0.15) is 31.9 Å². The number of anilines is 1. The summed E-state index contributed by atoms with van der Waals surface area (Å²) in [6.07, 6.45) is 0. The van der Waals surface area contributed by atoms with Gasteiger partial charge in [-0.1, -0.05) is 32.4 Å². The van der Waals surface area contributed by atoms with Crippen LogP contribution >= 0.6 is 11.6 Å². The van der Waals surface area contributed by atoms with Crippen LogP contribution in [0.4, 0.5) is 5.69 Å². The SMILES string of the molecule is CC(C)(C)c1cc(N)cc(Cl)c1C#N. The van der Waals surface area contributed by atoms with E-state index < -0.39 is 0 Å². The Morgan fingerprint density at radius 2 is 1.93 bits per heavy atom. The minimum atomic E-state index is -0.121. The van der Waals surface area contributed by atoms with Crippen LogP contribution in [0.5, 0.6) is 0 Å². The smallest absolute Gasteiger partial charge is 0.101 e. The second-order valence-corrected chi connectivity index (χ2v) is 4.69. The number of benzene rings is 1. The molecule has 14 heavy (non-hydrogen) atoms. The molecule has 0 spiro atoms. The summed E-state index contributed by atoms with van der Waals surface area (Å²) in [5, 5.41) is 9.41. The molecule has 3 heteroatoms. The van der Waals surface area contributed by atoms with Crippen molar-refractivity contribution < 1.29 is 0 Å². The lowest BCUT2D eigenvalue weighted by atomic mass is 9.84. The van der Waals surface area contributed by atoms with Crippen molar-refractivity contribution in [2.45, 2.75) is 26.2 Å². The quantitative estimate of drug-likeness (QED) is 0.666. The number of hydrogen-bond acceptors (Lipinski definition) is 2. The van der Waals surface area contributed by atoms with E-state index in [1.54, 1.807) is 6.07 Å². The van der Waals surface area contributed by atoms with Gasteiger partial charge in [-0.25, -0.2) is 0 Å². The number of hydrogen-bond donors (Lipinski definition) is 1. The average Bonchev–Trinajstić information content (AvgIpc) is 2.01. The van der Waals surface area contributed by atoms with Gasteiger partial charge < -0.3 is 5.73 Å². The van der Waals surface area contributed by atoms with Crippen LogP contribution in [0, 0.1) is 11.3 Å². The van der Waals surface area contributed by atoms with Gasteiger partial charge in [-0.05, 0) is 23.1 Å². The maximum atomic E-state index is 8.98. The summed E-state index contributed by atoms with van der Waals surface area (Å²) < 4.78 is 0. The Hall–Kier alpha value is -1.20. The zero-order valence-electron chi connectivity index (χ0n) is 8.56. The summed E-state index contributed by atoms with van der Waals surface area (Å²) in [6, 6.07) is 5.53. The first kappa shape index (κ1) is 10.9. The van der Waals surface area contributed by atoms with E-state index in [0.29, 0.717) is 16.3 Å². The highest BCUT2D eigenvalue weighted by Gasteiger charge is 2.20. The molecule has 0 aliphatic heterocycles. The van der Waals surface area contributed by atoms with Crippen molar-refractivity contribution in [3.05, 3.63) is 28.3 Å². The van der Waals surface area contributed by atoms with Crippen molar-refractivity contribution in [1.29, 1.82) is 5.26 Å². The van der Waals surface area contributed by atoms with Crippen molar-refractivity contribution in [2.75, 3.05) is 5.73 Å². The predicted molar refractivity (Wildman–Crippen MR) is 59.3 cm³/mol. The molecule has 0 saturated heterocycles. The van der Waals surface area contributed by atoms with Gasteiger partial charge >= 0.3 is 0 Å². The maximum Gasteiger partial charge on any atom is 0.101 e. The Morgan fingerprint density at radius 1 is 1.36 bits per heavy atom. The number of nitrogens with two attached hydrogens (primary N) is 1. The largest absolute Gasteiger partial charge is 0.399 e. The lowest BCUT2D eigenvalue weighted by molar-refractivity contribution is 0.589. The standard InChI is InChI=1S/C11H13ClN2/c1-11(2,3)9-4-7(14)5-10(12)8(9)6-13/h4-5H,14H2,1-3H3. The molecule has 74 valence electrons. The van der Waals surface area contributed by atoms with Crippen LogP contribution in [0.3, 0.4) is 0 Å². The zero-order valence-corrected chi connectivity index (χ0v) is 9.31. The Morgan fingerprint density at radius 3 is 2.36 bits per heavy atom. The molecule has 0 aromatic heterocycles. The van der Waals surface area contributed by atoms with E-state index >= 15 is 0 Å². The summed E-state index contributed by atoms with van der Waals surface area (Å²) in [4.78, 5) is 0. The molecule has 2 nitrogen and oxygen atoms in total. The van der Waals surface area contributed by atoms with Gasteiger partial charge in [0, 0.05) is 5.69 Å². The molecule has 1 aromatic carbocycles. The highest BCUT2D eigenvalue weighted by molar-refractivity contribution is 6.32. The molecular formula is C11H13ClN2. The maximum absolute atomic E-state index is 8.98. The third-order valence-corrected chi connectivity index (χ3v) is 2.33. The second kappa shape index (κ2) is 3.51. The fourth-order valence-electron chi connectivity index (χ4n) is 1.33. The van der Waals surface area contributed by atoms with Crippen LogP contribution in [-0.2, 0) is 5.41 Å². The van der Waals surface area contributed by atoms with Crippen LogP contribution in [0.15, 0.2) is 12.1 Å². The van der Waals surface area contributed by atoms with Gasteiger partial charge in [0.2, 0.25) is 0 Å². The minimum Gasteiger partial charge on any atom is -0.399 e. The Labute approximate surface area is 89.3 Å². The first-order valence-corrected chi connectivity index (χ1v) is 4.73. The number of halogens is 1. The van der Waals surface area contributed by atoms with Gasteiger partial charge in [0.25, 0.3) is 0 Å². The molecule has 0 aliphatic carbocycles. The second-order valence-electron chi connectivity index (χ2n) is 4.29. The number of rotatable bonds is 0. The molecule has 0 unspecified atom stereocenters. The van der Waals surface area contributed by atoms with E-state index in [1.807, 2.05) is 26.8 Å². The van der Waals surface area contributed by atoms with Crippen LogP contribution < -0.4 is 5.73 Å². The van der Waals surface area contributed by atoms with Gasteiger partial charge in [0.15, 0.2) is 0 Å². The monoisotopic (exact) mass is 208 g/mol. The average molecular weight is 209 g/mol. The highest BCUT2D eigenvalue weighted by atomic mass is 35.5. The van der Waals surface area contributed by atoms with E-state index in [9.17, 15) is 0 Å². The van der Waals surface area contributed by atoms with Gasteiger partial charge in [0.1, 0.15) is 6.07 Å². The zero-order chi connectivity index (χ0) is 10.9. The Balaban J connectivity index is 3.50.